The number of benzene rings is 1. The number of para-hydroxylation sites is 1. The number of hydrogen-bond acceptors (Lipinski definition) is 1. The summed E-state index contributed by atoms with van der Waals surface area (Å²) in [6.45, 7) is 6.53. The fraction of sp³-hybridized carbons (Fsp3) is 0.385. The van der Waals surface area contributed by atoms with Crippen LogP contribution >= 0.6 is 0 Å². The molecule has 0 N–H and O–H groups in total. The second kappa shape index (κ2) is 4.85. The van der Waals surface area contributed by atoms with Crippen molar-refractivity contribution in [3.63, 3.8) is 0 Å². The van der Waals surface area contributed by atoms with Gasteiger partial charge in [0.05, 0.1) is 0 Å². The molecule has 1 heteroatoms. The number of allylic oxidation sites excluding steroid dienone is 2. The van der Waals surface area contributed by atoms with Gasteiger partial charge in [-0.25, -0.2) is 0 Å². The Balaban J connectivity index is 2.90. The summed E-state index contributed by atoms with van der Waals surface area (Å²) >= 11 is 0. The average Bonchev–Trinajstić information content (AvgIpc) is 2.19. The Hall–Kier alpha value is -1.24. The Morgan fingerprint density at radius 2 is 1.79 bits per heavy atom. The third-order valence-electron chi connectivity index (χ3n) is 2.42. The van der Waals surface area contributed by atoms with Crippen LogP contribution in [0.3, 0.4) is 0 Å². The Morgan fingerprint density at radius 3 is 2.21 bits per heavy atom. The minimum Gasteiger partial charge on any atom is -0.348 e. The van der Waals surface area contributed by atoms with E-state index in [4.69, 9.17) is 0 Å². The molecule has 1 aromatic rings. The molecule has 0 unspecified atom stereocenters. The number of hydrogen-bond donors (Lipinski definition) is 0. The van der Waals surface area contributed by atoms with Crippen molar-refractivity contribution >= 4 is 5.69 Å². The normalized spacial score (nSPS) is 11.9. The van der Waals surface area contributed by atoms with E-state index in [1.165, 1.54) is 11.4 Å². The van der Waals surface area contributed by atoms with Crippen molar-refractivity contribution in [2.45, 2.75) is 20.8 Å². The quantitative estimate of drug-likeness (QED) is 0.701. The third-order valence-corrected chi connectivity index (χ3v) is 2.42. The van der Waals surface area contributed by atoms with Gasteiger partial charge in [0, 0.05) is 18.4 Å². The first-order valence-corrected chi connectivity index (χ1v) is 5.11. The van der Waals surface area contributed by atoms with Crippen molar-refractivity contribution in [1.29, 1.82) is 0 Å². The average molecular weight is 189 g/mol. The molecule has 0 heterocycles. The molecule has 0 aliphatic heterocycles. The van der Waals surface area contributed by atoms with Crippen LogP contribution in [0, 0.1) is 5.92 Å². The molecule has 0 bridgehead atoms. The lowest BCUT2D eigenvalue weighted by molar-refractivity contribution is 0.732. The molecule has 0 fully saturated rings. The van der Waals surface area contributed by atoms with E-state index in [1.807, 2.05) is 6.07 Å². The van der Waals surface area contributed by atoms with Crippen molar-refractivity contribution in [2.75, 3.05) is 11.9 Å². The van der Waals surface area contributed by atoms with E-state index in [0.29, 0.717) is 5.92 Å². The van der Waals surface area contributed by atoms with E-state index >= 15 is 0 Å². The van der Waals surface area contributed by atoms with Crippen molar-refractivity contribution in [1.82, 2.24) is 0 Å². The fourth-order valence-corrected chi connectivity index (χ4v) is 1.71. The van der Waals surface area contributed by atoms with Crippen LogP contribution in [0.25, 0.3) is 0 Å². The highest BCUT2D eigenvalue weighted by atomic mass is 15.1. The SMILES string of the molecule is C/C=C(/C(C)C)N(C)c1ccccc1. The molecule has 1 aromatic carbocycles. The molecule has 0 aliphatic rings. The first kappa shape index (κ1) is 10.8. The lowest BCUT2D eigenvalue weighted by Gasteiger charge is -2.25. The first-order valence-electron chi connectivity index (χ1n) is 5.11. The zero-order valence-electron chi connectivity index (χ0n) is 9.49. The van der Waals surface area contributed by atoms with Gasteiger partial charge < -0.3 is 4.90 Å². The van der Waals surface area contributed by atoms with E-state index < -0.39 is 0 Å². The predicted octanol–water partition coefficient (Wildman–Crippen LogP) is 3.68. The lowest BCUT2D eigenvalue weighted by Crippen LogP contribution is -2.19. The number of nitrogens with zero attached hydrogens (tertiary/aromatic N) is 1. The Morgan fingerprint density at radius 1 is 1.21 bits per heavy atom. The fourth-order valence-electron chi connectivity index (χ4n) is 1.71. The van der Waals surface area contributed by atoms with Crippen LogP contribution in [0.15, 0.2) is 42.1 Å². The predicted molar refractivity (Wildman–Crippen MR) is 63.4 cm³/mol. The van der Waals surface area contributed by atoms with E-state index in [2.05, 4.69) is 63.1 Å². The summed E-state index contributed by atoms with van der Waals surface area (Å²) in [7, 11) is 2.12. The summed E-state index contributed by atoms with van der Waals surface area (Å²) in [6, 6.07) is 10.4. The molecule has 0 saturated carbocycles. The van der Waals surface area contributed by atoms with Crippen molar-refractivity contribution in [3.8, 4) is 0 Å². The summed E-state index contributed by atoms with van der Waals surface area (Å²) in [6.07, 6.45) is 2.18. The van der Waals surface area contributed by atoms with Gasteiger partial charge >= 0.3 is 0 Å². The summed E-state index contributed by atoms with van der Waals surface area (Å²) in [5.74, 6) is 0.560. The molecule has 0 aliphatic carbocycles. The Labute approximate surface area is 87.1 Å². The molecule has 0 radical (unpaired) electrons. The van der Waals surface area contributed by atoms with Gasteiger partial charge in [-0.15, -0.1) is 0 Å². The second-order valence-electron chi connectivity index (χ2n) is 3.76. The van der Waals surface area contributed by atoms with E-state index in [1.54, 1.807) is 0 Å². The Bertz CT molecular complexity index is 298. The highest BCUT2D eigenvalue weighted by Crippen LogP contribution is 2.21. The molecular weight excluding hydrogens is 170 g/mol. The van der Waals surface area contributed by atoms with Gasteiger partial charge in [-0.05, 0) is 25.0 Å². The van der Waals surface area contributed by atoms with Crippen LogP contribution in [0.2, 0.25) is 0 Å². The molecule has 0 amide bonds. The van der Waals surface area contributed by atoms with Crippen molar-refractivity contribution in [2.24, 2.45) is 5.92 Å². The van der Waals surface area contributed by atoms with Gasteiger partial charge in [-0.2, -0.15) is 0 Å². The number of rotatable bonds is 3. The molecule has 76 valence electrons. The van der Waals surface area contributed by atoms with Crippen molar-refractivity contribution in [3.05, 3.63) is 42.1 Å². The van der Waals surface area contributed by atoms with Gasteiger partial charge in [0.2, 0.25) is 0 Å². The van der Waals surface area contributed by atoms with Crippen LogP contribution in [-0.4, -0.2) is 7.05 Å². The molecule has 0 spiro atoms. The second-order valence-corrected chi connectivity index (χ2v) is 3.76. The maximum Gasteiger partial charge on any atom is 0.0405 e. The van der Waals surface area contributed by atoms with Crippen LogP contribution in [0.5, 0.6) is 0 Å². The van der Waals surface area contributed by atoms with Gasteiger partial charge in [0.15, 0.2) is 0 Å². The number of anilines is 1. The molecule has 0 aromatic heterocycles. The zero-order valence-corrected chi connectivity index (χ0v) is 9.49. The minimum atomic E-state index is 0.560. The molecular formula is C13H19N. The lowest BCUT2D eigenvalue weighted by atomic mass is 10.1. The smallest absolute Gasteiger partial charge is 0.0405 e. The van der Waals surface area contributed by atoms with Crippen LogP contribution in [0.4, 0.5) is 5.69 Å². The highest BCUT2D eigenvalue weighted by Gasteiger charge is 2.08. The minimum absolute atomic E-state index is 0.560. The molecule has 0 saturated heterocycles. The first-order chi connectivity index (χ1) is 6.66. The summed E-state index contributed by atoms with van der Waals surface area (Å²) in [4.78, 5) is 2.24. The van der Waals surface area contributed by atoms with E-state index in [9.17, 15) is 0 Å². The van der Waals surface area contributed by atoms with Gasteiger partial charge in [0.1, 0.15) is 0 Å². The summed E-state index contributed by atoms with van der Waals surface area (Å²) < 4.78 is 0. The van der Waals surface area contributed by atoms with Gasteiger partial charge in [-0.1, -0.05) is 38.1 Å². The maximum atomic E-state index is 2.24. The monoisotopic (exact) mass is 189 g/mol. The standard InChI is InChI=1S/C13H19N/c1-5-13(11(2)3)14(4)12-9-7-6-8-10-12/h5-11H,1-4H3/b13-5-. The van der Waals surface area contributed by atoms with Crippen LogP contribution < -0.4 is 4.90 Å². The third kappa shape index (κ3) is 2.38. The van der Waals surface area contributed by atoms with Crippen LogP contribution in [-0.2, 0) is 0 Å². The van der Waals surface area contributed by atoms with Crippen LogP contribution in [0.1, 0.15) is 20.8 Å². The van der Waals surface area contributed by atoms with Gasteiger partial charge in [0.25, 0.3) is 0 Å². The topological polar surface area (TPSA) is 3.24 Å². The maximum absolute atomic E-state index is 2.24. The molecule has 1 rings (SSSR count). The Kier molecular flexibility index (Phi) is 3.75. The summed E-state index contributed by atoms with van der Waals surface area (Å²) in [5.41, 5.74) is 2.60. The zero-order chi connectivity index (χ0) is 10.6. The van der Waals surface area contributed by atoms with E-state index in [0.717, 1.165) is 0 Å². The molecule has 14 heavy (non-hydrogen) atoms. The van der Waals surface area contributed by atoms with Crippen molar-refractivity contribution < 1.29 is 0 Å². The highest BCUT2D eigenvalue weighted by molar-refractivity contribution is 5.51. The molecule has 0 atom stereocenters. The largest absolute Gasteiger partial charge is 0.348 e. The molecule has 1 nitrogen and oxygen atoms in total. The van der Waals surface area contributed by atoms with Gasteiger partial charge in [-0.3, -0.25) is 0 Å². The van der Waals surface area contributed by atoms with E-state index in [-0.39, 0.29) is 0 Å². The summed E-state index contributed by atoms with van der Waals surface area (Å²) in [5, 5.41) is 0.